The average molecular weight is 794 g/mol. The molecule has 56 heavy (non-hydrogen) atoms. The summed E-state index contributed by atoms with van der Waals surface area (Å²) in [5, 5.41) is 75.3. The molecular weight excluding hydrogens is 714 g/mol. The number of carbonyl (C=O) groups is 1. The molecular formula is C45H79NO10. The van der Waals surface area contributed by atoms with Crippen molar-refractivity contribution in [1.82, 2.24) is 5.32 Å². The lowest BCUT2D eigenvalue weighted by atomic mass is 9.99. The van der Waals surface area contributed by atoms with Crippen LogP contribution in [0.1, 0.15) is 149 Å². The van der Waals surface area contributed by atoms with Gasteiger partial charge < -0.3 is 50.5 Å². The highest BCUT2D eigenvalue weighted by molar-refractivity contribution is 5.81. The molecule has 1 rings (SSSR count). The molecule has 9 atom stereocenters. The molecule has 324 valence electrons. The van der Waals surface area contributed by atoms with Crippen molar-refractivity contribution in [2.45, 2.75) is 204 Å². The van der Waals surface area contributed by atoms with Gasteiger partial charge in [0.25, 0.3) is 0 Å². The van der Waals surface area contributed by atoms with Gasteiger partial charge in [-0.05, 0) is 77.0 Å². The summed E-state index contributed by atoms with van der Waals surface area (Å²) in [5.74, 6) is -0.784. The molecule has 11 heteroatoms. The van der Waals surface area contributed by atoms with Crippen LogP contribution >= 0.6 is 0 Å². The third-order valence-electron chi connectivity index (χ3n) is 10.0. The van der Waals surface area contributed by atoms with Gasteiger partial charge in [0.1, 0.15) is 36.6 Å². The Hall–Kier alpha value is -2.19. The Morgan fingerprint density at radius 1 is 0.643 bits per heavy atom. The lowest BCUT2D eigenvalue weighted by molar-refractivity contribution is -0.303. The molecule has 1 aliphatic rings. The number of hydrogen-bond donors (Lipinski definition) is 8. The van der Waals surface area contributed by atoms with E-state index in [0.29, 0.717) is 19.3 Å². The Morgan fingerprint density at radius 3 is 1.73 bits per heavy atom. The summed E-state index contributed by atoms with van der Waals surface area (Å²) >= 11 is 0. The molecule has 0 aromatic heterocycles. The predicted molar refractivity (Wildman–Crippen MR) is 224 cm³/mol. The van der Waals surface area contributed by atoms with Crippen molar-refractivity contribution in [1.29, 1.82) is 0 Å². The van der Waals surface area contributed by atoms with Gasteiger partial charge in [-0.25, -0.2) is 0 Å². The molecule has 0 aromatic carbocycles. The van der Waals surface area contributed by atoms with Gasteiger partial charge in [-0.3, -0.25) is 4.79 Å². The Bertz CT molecular complexity index is 1090. The molecule has 1 fully saturated rings. The zero-order valence-electron chi connectivity index (χ0n) is 34.6. The summed E-state index contributed by atoms with van der Waals surface area (Å²) in [5.41, 5.74) is 0. The van der Waals surface area contributed by atoms with Crippen LogP contribution in [0.5, 0.6) is 0 Å². The van der Waals surface area contributed by atoms with Crippen LogP contribution in [0.15, 0.2) is 60.8 Å². The number of nitrogens with one attached hydrogen (secondary N) is 1. The quantitative estimate of drug-likeness (QED) is 0.0268. The number of rotatable bonds is 34. The normalized spacial score (nSPS) is 22.9. The maximum absolute atomic E-state index is 13.0. The summed E-state index contributed by atoms with van der Waals surface area (Å²) in [6.07, 6.45) is 30.1. The summed E-state index contributed by atoms with van der Waals surface area (Å²) in [6.45, 7) is 3.31. The SMILES string of the molecule is CCCCCC/C=C/CC/C=C/CC/C=C/CCCC(O)C(O)C(COC1OC(CO)C(O)C(O)C1O)NC(=O)C(O)C/C=C\C/C=C\CCCCCCCC. The van der Waals surface area contributed by atoms with E-state index < -0.39 is 74.2 Å². The van der Waals surface area contributed by atoms with Gasteiger partial charge in [-0.2, -0.15) is 0 Å². The first-order valence-electron chi connectivity index (χ1n) is 21.7. The molecule has 8 N–H and O–H groups in total. The lowest BCUT2D eigenvalue weighted by Crippen LogP contribution is -2.60. The largest absolute Gasteiger partial charge is 0.394 e. The standard InChI is InChI=1S/C45H79NO10/c1-3-5-7-9-11-13-15-17-18-19-20-21-23-24-26-28-30-32-37(48)40(50)36(35-55-45-43(53)42(52)41(51)39(34-47)56-45)46-44(54)38(49)33-31-29-27-25-22-16-14-12-10-8-6-4-2/h13,15,19-20,22,24-26,29,31,36-43,45,47-53H,3-12,14,16-18,21,23,27-28,30,32-35H2,1-2H3,(H,46,54)/b15-13+,20-19+,25-22-,26-24+,31-29-. The maximum Gasteiger partial charge on any atom is 0.249 e. The van der Waals surface area contributed by atoms with Crippen molar-refractivity contribution in [3.05, 3.63) is 60.8 Å². The predicted octanol–water partition coefficient (Wildman–Crippen LogP) is 6.38. The molecule has 1 heterocycles. The first kappa shape index (κ1) is 51.8. The van der Waals surface area contributed by atoms with Crippen molar-refractivity contribution in [2.75, 3.05) is 13.2 Å². The van der Waals surface area contributed by atoms with Gasteiger partial charge in [0.2, 0.25) is 5.91 Å². The van der Waals surface area contributed by atoms with E-state index in [1.54, 1.807) is 6.08 Å². The van der Waals surface area contributed by atoms with Crippen LogP contribution in [0.4, 0.5) is 0 Å². The molecule has 9 unspecified atom stereocenters. The number of unbranched alkanes of at least 4 members (excludes halogenated alkanes) is 13. The number of aliphatic hydroxyl groups is 7. The minimum Gasteiger partial charge on any atom is -0.394 e. The number of ether oxygens (including phenoxy) is 2. The van der Waals surface area contributed by atoms with E-state index in [9.17, 15) is 40.5 Å². The minimum absolute atomic E-state index is 0.0365. The van der Waals surface area contributed by atoms with Gasteiger partial charge in [-0.15, -0.1) is 0 Å². The second-order valence-electron chi connectivity index (χ2n) is 15.0. The molecule has 0 spiro atoms. The third-order valence-corrected chi connectivity index (χ3v) is 10.0. The van der Waals surface area contributed by atoms with Crippen molar-refractivity contribution < 1.29 is 50.0 Å². The highest BCUT2D eigenvalue weighted by atomic mass is 16.7. The third kappa shape index (κ3) is 24.6. The maximum atomic E-state index is 13.0. The Morgan fingerprint density at radius 2 is 1.14 bits per heavy atom. The number of amides is 1. The van der Waals surface area contributed by atoms with E-state index in [4.69, 9.17) is 9.47 Å². The fourth-order valence-corrected chi connectivity index (χ4v) is 6.34. The zero-order valence-corrected chi connectivity index (χ0v) is 34.6. The highest BCUT2D eigenvalue weighted by Gasteiger charge is 2.44. The molecule has 0 radical (unpaired) electrons. The Labute approximate surface area is 338 Å². The van der Waals surface area contributed by atoms with Crippen LogP contribution in [0, 0.1) is 0 Å². The zero-order chi connectivity index (χ0) is 41.2. The molecule has 1 saturated heterocycles. The molecule has 1 amide bonds. The van der Waals surface area contributed by atoms with Crippen molar-refractivity contribution in [3.63, 3.8) is 0 Å². The van der Waals surface area contributed by atoms with Crippen molar-refractivity contribution >= 4 is 5.91 Å². The van der Waals surface area contributed by atoms with Gasteiger partial charge in [0.15, 0.2) is 6.29 Å². The van der Waals surface area contributed by atoms with Crippen LogP contribution in [-0.4, -0.2) is 110 Å². The van der Waals surface area contributed by atoms with Crippen LogP contribution in [0.2, 0.25) is 0 Å². The number of aliphatic hydroxyl groups excluding tert-OH is 7. The summed E-state index contributed by atoms with van der Waals surface area (Å²) in [7, 11) is 0. The average Bonchev–Trinajstić information content (AvgIpc) is 3.20. The van der Waals surface area contributed by atoms with E-state index >= 15 is 0 Å². The van der Waals surface area contributed by atoms with Crippen LogP contribution in [0.25, 0.3) is 0 Å². The van der Waals surface area contributed by atoms with E-state index in [0.717, 1.165) is 38.5 Å². The fraction of sp³-hybridized carbons (Fsp3) is 0.756. The van der Waals surface area contributed by atoms with Crippen LogP contribution < -0.4 is 5.32 Å². The number of allylic oxidation sites excluding steroid dienone is 9. The monoisotopic (exact) mass is 794 g/mol. The number of hydrogen-bond acceptors (Lipinski definition) is 10. The van der Waals surface area contributed by atoms with Gasteiger partial charge in [0.05, 0.1) is 25.4 Å². The van der Waals surface area contributed by atoms with Gasteiger partial charge in [-0.1, -0.05) is 126 Å². The number of carbonyl (C=O) groups excluding carboxylic acids is 1. The van der Waals surface area contributed by atoms with E-state index in [-0.39, 0.29) is 12.8 Å². The molecule has 1 aliphatic heterocycles. The topological polar surface area (TPSA) is 189 Å². The van der Waals surface area contributed by atoms with E-state index in [1.807, 2.05) is 12.2 Å². The smallest absolute Gasteiger partial charge is 0.249 e. The molecule has 11 nitrogen and oxygen atoms in total. The van der Waals surface area contributed by atoms with Crippen LogP contribution in [0.3, 0.4) is 0 Å². The fourth-order valence-electron chi connectivity index (χ4n) is 6.34. The first-order chi connectivity index (χ1) is 27.2. The summed E-state index contributed by atoms with van der Waals surface area (Å²) in [4.78, 5) is 13.0. The molecule has 0 saturated carbocycles. The highest BCUT2D eigenvalue weighted by Crippen LogP contribution is 2.23. The van der Waals surface area contributed by atoms with Crippen molar-refractivity contribution in [3.8, 4) is 0 Å². The molecule has 0 aromatic rings. The Balaban J connectivity index is 2.59. The Kier molecular flexibility index (Phi) is 32.2. The molecule has 0 bridgehead atoms. The second kappa shape index (κ2) is 34.8. The minimum atomic E-state index is -1.68. The van der Waals surface area contributed by atoms with Crippen LogP contribution in [-0.2, 0) is 14.3 Å². The van der Waals surface area contributed by atoms with Gasteiger partial charge >= 0.3 is 0 Å². The second-order valence-corrected chi connectivity index (χ2v) is 15.0. The van der Waals surface area contributed by atoms with Gasteiger partial charge in [0, 0.05) is 6.42 Å². The first-order valence-corrected chi connectivity index (χ1v) is 21.7. The molecule has 0 aliphatic carbocycles. The van der Waals surface area contributed by atoms with E-state index in [1.165, 1.54) is 64.2 Å². The summed E-state index contributed by atoms with van der Waals surface area (Å²) < 4.78 is 11.0. The summed E-state index contributed by atoms with van der Waals surface area (Å²) in [6, 6.07) is -1.22. The van der Waals surface area contributed by atoms with Crippen molar-refractivity contribution in [2.24, 2.45) is 0 Å². The van der Waals surface area contributed by atoms with E-state index in [2.05, 4.69) is 61.7 Å². The lowest BCUT2D eigenvalue weighted by Gasteiger charge is -2.40.